The Morgan fingerprint density at radius 2 is 2.08 bits per heavy atom. The van der Waals surface area contributed by atoms with Gasteiger partial charge in [-0.05, 0) is 42.7 Å². The van der Waals surface area contributed by atoms with E-state index in [0.717, 1.165) is 28.6 Å². The molecule has 1 heterocycles. The maximum Gasteiger partial charge on any atom is 0.224 e. The molecule has 2 N–H and O–H groups in total. The van der Waals surface area contributed by atoms with E-state index in [-0.39, 0.29) is 5.91 Å². The molecule has 2 aromatic carbocycles. The number of amides is 1. The minimum absolute atomic E-state index is 0.0337. The molecule has 4 heteroatoms. The number of ether oxygens (including phenoxy) is 1. The largest absolute Gasteiger partial charge is 0.497 e. The number of benzene rings is 2. The van der Waals surface area contributed by atoms with Crippen LogP contribution >= 0.6 is 0 Å². The molecule has 0 unspecified atom stereocenters. The second-order valence-corrected chi connectivity index (χ2v) is 5.99. The summed E-state index contributed by atoms with van der Waals surface area (Å²) in [5.74, 6) is 0.828. The van der Waals surface area contributed by atoms with Crippen LogP contribution < -0.4 is 10.1 Å². The number of nitrogens with one attached hydrogen (secondary N) is 2. The van der Waals surface area contributed by atoms with Gasteiger partial charge in [0.25, 0.3) is 0 Å². The number of fused-ring (bicyclic) bond motifs is 1. The molecule has 0 aliphatic carbocycles. The fraction of sp³-hybridized carbons (Fsp3) is 0.250. The van der Waals surface area contributed by atoms with E-state index in [2.05, 4.69) is 35.4 Å². The van der Waals surface area contributed by atoms with Gasteiger partial charge in [-0.3, -0.25) is 4.79 Å². The average Bonchev–Trinajstić information content (AvgIpc) is 2.97. The molecule has 1 amide bonds. The smallest absolute Gasteiger partial charge is 0.224 e. The summed E-state index contributed by atoms with van der Waals surface area (Å²) in [5.41, 5.74) is 4.48. The second-order valence-electron chi connectivity index (χ2n) is 5.99. The van der Waals surface area contributed by atoms with Gasteiger partial charge >= 0.3 is 0 Å². The summed E-state index contributed by atoms with van der Waals surface area (Å²) in [5, 5.41) is 4.03. The molecule has 0 saturated heterocycles. The molecule has 0 aliphatic heterocycles. The lowest BCUT2D eigenvalue weighted by Crippen LogP contribution is -2.27. The zero-order valence-corrected chi connectivity index (χ0v) is 14.1. The van der Waals surface area contributed by atoms with Crippen molar-refractivity contribution < 1.29 is 9.53 Å². The molecule has 1 aromatic heterocycles. The van der Waals surface area contributed by atoms with Gasteiger partial charge in [0, 0.05) is 23.6 Å². The molecular weight excluding hydrogens is 300 g/mol. The molecule has 4 nitrogen and oxygen atoms in total. The van der Waals surface area contributed by atoms with E-state index in [4.69, 9.17) is 4.74 Å². The number of H-pyrrole nitrogens is 1. The quantitative estimate of drug-likeness (QED) is 0.731. The van der Waals surface area contributed by atoms with Gasteiger partial charge in [0.15, 0.2) is 0 Å². The number of aromatic amines is 1. The zero-order chi connectivity index (χ0) is 16.9. The predicted octanol–water partition coefficient (Wildman–Crippen LogP) is 3.39. The van der Waals surface area contributed by atoms with Gasteiger partial charge in [-0.25, -0.2) is 0 Å². The summed E-state index contributed by atoms with van der Waals surface area (Å²) in [6.45, 7) is 2.72. The fourth-order valence-electron chi connectivity index (χ4n) is 2.88. The number of hydrogen-bond acceptors (Lipinski definition) is 2. The maximum atomic E-state index is 12.2. The number of hydrogen-bond donors (Lipinski definition) is 2. The molecule has 24 heavy (non-hydrogen) atoms. The lowest BCUT2D eigenvalue weighted by atomic mass is 10.1. The van der Waals surface area contributed by atoms with E-state index in [9.17, 15) is 4.79 Å². The van der Waals surface area contributed by atoms with Gasteiger partial charge in [0.05, 0.1) is 13.5 Å². The van der Waals surface area contributed by atoms with E-state index in [0.29, 0.717) is 13.0 Å². The molecule has 124 valence electrons. The first kappa shape index (κ1) is 16.1. The molecule has 3 rings (SSSR count). The number of methoxy groups -OCH3 is 1. The van der Waals surface area contributed by atoms with Crippen LogP contribution in [0.25, 0.3) is 10.9 Å². The van der Waals surface area contributed by atoms with Crippen LogP contribution in [0.4, 0.5) is 0 Å². The Balaban J connectivity index is 1.59. The lowest BCUT2D eigenvalue weighted by Gasteiger charge is -2.06. The molecule has 0 spiro atoms. The van der Waals surface area contributed by atoms with Crippen molar-refractivity contribution in [3.05, 3.63) is 65.4 Å². The first-order valence-electron chi connectivity index (χ1n) is 8.12. The summed E-state index contributed by atoms with van der Waals surface area (Å²) in [4.78, 5) is 15.4. The first-order chi connectivity index (χ1) is 11.7. The van der Waals surface area contributed by atoms with E-state index in [1.54, 1.807) is 7.11 Å². The molecular formula is C20H22N2O2. The molecule has 0 fully saturated rings. The highest BCUT2D eigenvalue weighted by atomic mass is 16.5. The van der Waals surface area contributed by atoms with Crippen molar-refractivity contribution in [2.45, 2.75) is 19.8 Å². The van der Waals surface area contributed by atoms with Crippen LogP contribution in [0, 0.1) is 6.92 Å². The van der Waals surface area contributed by atoms with Gasteiger partial charge in [0.1, 0.15) is 5.75 Å². The molecule has 0 aliphatic rings. The molecule has 0 saturated carbocycles. The third kappa shape index (κ3) is 3.77. The Morgan fingerprint density at radius 3 is 2.88 bits per heavy atom. The third-order valence-electron chi connectivity index (χ3n) is 4.14. The summed E-state index contributed by atoms with van der Waals surface area (Å²) < 4.78 is 5.26. The van der Waals surface area contributed by atoms with Gasteiger partial charge in [-0.2, -0.15) is 0 Å². The SMILES string of the molecule is COc1ccc2[nH]cc(CC(=O)NCCc3cccc(C)c3)c2c1. The monoisotopic (exact) mass is 322 g/mol. The normalized spacial score (nSPS) is 10.8. The van der Waals surface area contributed by atoms with Crippen molar-refractivity contribution >= 4 is 16.8 Å². The highest BCUT2D eigenvalue weighted by Gasteiger charge is 2.09. The molecule has 0 radical (unpaired) electrons. The Morgan fingerprint density at radius 1 is 1.21 bits per heavy atom. The van der Waals surface area contributed by atoms with Crippen LogP contribution in [0.2, 0.25) is 0 Å². The zero-order valence-electron chi connectivity index (χ0n) is 14.1. The van der Waals surface area contributed by atoms with Crippen molar-refractivity contribution in [3.63, 3.8) is 0 Å². The Labute approximate surface area is 141 Å². The van der Waals surface area contributed by atoms with Crippen LogP contribution in [0.1, 0.15) is 16.7 Å². The van der Waals surface area contributed by atoms with Crippen molar-refractivity contribution in [2.75, 3.05) is 13.7 Å². The standard InChI is InChI=1S/C20H22N2O2/c1-14-4-3-5-15(10-14)8-9-21-20(23)11-16-13-22-19-7-6-17(24-2)12-18(16)19/h3-7,10,12-13,22H,8-9,11H2,1-2H3,(H,21,23). The number of rotatable bonds is 6. The molecule has 0 bridgehead atoms. The van der Waals surface area contributed by atoms with Crippen molar-refractivity contribution in [3.8, 4) is 5.75 Å². The van der Waals surface area contributed by atoms with Gasteiger partial charge in [0.2, 0.25) is 5.91 Å². The summed E-state index contributed by atoms with van der Waals surface area (Å²) >= 11 is 0. The number of carbonyl (C=O) groups excluding carboxylic acids is 1. The fourth-order valence-corrected chi connectivity index (χ4v) is 2.88. The van der Waals surface area contributed by atoms with Crippen LogP contribution in [0.3, 0.4) is 0 Å². The highest BCUT2D eigenvalue weighted by molar-refractivity contribution is 5.89. The van der Waals surface area contributed by atoms with E-state index < -0.39 is 0 Å². The Bertz CT molecular complexity index is 852. The summed E-state index contributed by atoms with van der Waals surface area (Å²) in [6, 6.07) is 14.2. The van der Waals surface area contributed by atoms with Crippen LogP contribution in [0.15, 0.2) is 48.7 Å². The third-order valence-corrected chi connectivity index (χ3v) is 4.14. The van der Waals surface area contributed by atoms with E-state index in [1.165, 1.54) is 11.1 Å². The number of aromatic nitrogens is 1. The minimum atomic E-state index is 0.0337. The summed E-state index contributed by atoms with van der Waals surface area (Å²) in [6.07, 6.45) is 3.10. The minimum Gasteiger partial charge on any atom is -0.497 e. The van der Waals surface area contributed by atoms with Gasteiger partial charge in [-0.15, -0.1) is 0 Å². The average molecular weight is 322 g/mol. The second kappa shape index (κ2) is 7.21. The highest BCUT2D eigenvalue weighted by Crippen LogP contribution is 2.23. The van der Waals surface area contributed by atoms with Crippen molar-refractivity contribution in [2.24, 2.45) is 0 Å². The molecule has 3 aromatic rings. The van der Waals surface area contributed by atoms with Crippen LogP contribution in [-0.2, 0) is 17.6 Å². The van der Waals surface area contributed by atoms with Crippen molar-refractivity contribution in [1.82, 2.24) is 10.3 Å². The Hall–Kier alpha value is -2.75. The van der Waals surface area contributed by atoms with Gasteiger partial charge < -0.3 is 15.0 Å². The topological polar surface area (TPSA) is 54.1 Å². The van der Waals surface area contributed by atoms with Crippen molar-refractivity contribution in [1.29, 1.82) is 0 Å². The maximum absolute atomic E-state index is 12.2. The number of carbonyl (C=O) groups is 1. The van der Waals surface area contributed by atoms with Gasteiger partial charge in [-0.1, -0.05) is 29.8 Å². The van der Waals surface area contributed by atoms with Crippen LogP contribution in [-0.4, -0.2) is 24.5 Å². The van der Waals surface area contributed by atoms with E-state index in [1.807, 2.05) is 30.5 Å². The first-order valence-corrected chi connectivity index (χ1v) is 8.12. The van der Waals surface area contributed by atoms with Crippen LogP contribution in [0.5, 0.6) is 5.75 Å². The molecule has 0 atom stereocenters. The predicted molar refractivity (Wildman–Crippen MR) is 96.4 cm³/mol. The van der Waals surface area contributed by atoms with E-state index >= 15 is 0 Å². The summed E-state index contributed by atoms with van der Waals surface area (Å²) in [7, 11) is 1.64. The Kier molecular flexibility index (Phi) is 4.85. The number of aryl methyl sites for hydroxylation is 1. The lowest BCUT2D eigenvalue weighted by molar-refractivity contribution is -0.120.